The van der Waals surface area contributed by atoms with Gasteiger partial charge in [0.25, 0.3) is 0 Å². The van der Waals surface area contributed by atoms with Crippen molar-refractivity contribution in [3.05, 3.63) is 53.4 Å². The van der Waals surface area contributed by atoms with Crippen molar-refractivity contribution >= 4 is 39.2 Å². The van der Waals surface area contributed by atoms with Gasteiger partial charge in [0.2, 0.25) is 5.88 Å². The fraction of sp³-hybridized carbons (Fsp3) is 0.158. The van der Waals surface area contributed by atoms with E-state index in [0.29, 0.717) is 33.6 Å². The van der Waals surface area contributed by atoms with E-state index in [-0.39, 0.29) is 0 Å². The van der Waals surface area contributed by atoms with Crippen molar-refractivity contribution in [2.75, 3.05) is 12.4 Å². The molecule has 0 aliphatic heterocycles. The van der Waals surface area contributed by atoms with Crippen molar-refractivity contribution in [1.82, 2.24) is 15.2 Å². The van der Waals surface area contributed by atoms with Gasteiger partial charge in [-0.2, -0.15) is 5.10 Å². The number of hydrogen-bond acceptors (Lipinski definition) is 8. The summed E-state index contributed by atoms with van der Waals surface area (Å²) in [6, 6.07) is 11.4. The lowest BCUT2D eigenvalue weighted by molar-refractivity contribution is 0.0599. The largest absolute Gasteiger partial charge is 0.465 e. The summed E-state index contributed by atoms with van der Waals surface area (Å²) in [5.74, 6) is 0.852. The van der Waals surface area contributed by atoms with Crippen LogP contribution in [0.25, 0.3) is 20.8 Å². The minimum atomic E-state index is -0.478. The minimum absolute atomic E-state index is 0.346. The number of rotatable bonds is 4. The van der Waals surface area contributed by atoms with Crippen molar-refractivity contribution in [2.24, 2.45) is 0 Å². The van der Waals surface area contributed by atoms with Crippen molar-refractivity contribution in [1.29, 1.82) is 0 Å². The van der Waals surface area contributed by atoms with Gasteiger partial charge in [0.15, 0.2) is 5.82 Å². The Morgan fingerprint density at radius 2 is 1.96 bits per heavy atom. The molecular formula is C19H16N4O3S. The van der Waals surface area contributed by atoms with Crippen LogP contribution in [-0.4, -0.2) is 28.3 Å². The summed E-state index contributed by atoms with van der Waals surface area (Å²) in [7, 11) is 1.34. The molecule has 0 saturated heterocycles. The quantitative estimate of drug-likeness (QED) is 0.522. The second-order valence-corrected chi connectivity index (χ2v) is 6.93. The standard InChI is InChI=1S/C19H16N4O3S/c1-10-8-9-14(23-22-10)21-17-16(15(11(2)26-17)19(24)25-3)18-20-12-6-4-5-7-13(12)27-18/h4-9H,1-3H3,(H,21,23). The van der Waals surface area contributed by atoms with Gasteiger partial charge in [0.1, 0.15) is 16.3 Å². The van der Waals surface area contributed by atoms with Crippen molar-refractivity contribution in [3.63, 3.8) is 0 Å². The van der Waals surface area contributed by atoms with Gasteiger partial charge in [-0.25, -0.2) is 9.78 Å². The van der Waals surface area contributed by atoms with Crippen molar-refractivity contribution < 1.29 is 13.9 Å². The summed E-state index contributed by atoms with van der Waals surface area (Å²) in [6.45, 7) is 3.57. The van der Waals surface area contributed by atoms with E-state index in [1.807, 2.05) is 37.3 Å². The third-order valence-electron chi connectivity index (χ3n) is 4.02. The molecule has 7 nitrogen and oxygen atoms in total. The molecule has 0 radical (unpaired) electrons. The number of benzene rings is 1. The highest BCUT2D eigenvalue weighted by atomic mass is 32.1. The first-order valence-electron chi connectivity index (χ1n) is 8.22. The van der Waals surface area contributed by atoms with E-state index < -0.39 is 5.97 Å². The van der Waals surface area contributed by atoms with E-state index in [1.165, 1.54) is 18.4 Å². The van der Waals surface area contributed by atoms with Gasteiger partial charge in [0, 0.05) is 0 Å². The highest BCUT2D eigenvalue weighted by Gasteiger charge is 2.28. The third-order valence-corrected chi connectivity index (χ3v) is 5.07. The molecule has 1 aromatic carbocycles. The number of esters is 1. The average molecular weight is 380 g/mol. The number of aryl methyl sites for hydroxylation is 2. The van der Waals surface area contributed by atoms with Crippen LogP contribution in [0.5, 0.6) is 0 Å². The van der Waals surface area contributed by atoms with Crippen LogP contribution in [0.15, 0.2) is 40.8 Å². The SMILES string of the molecule is COC(=O)c1c(C)oc(Nc2ccc(C)nn2)c1-c1nc2ccccc2s1. The van der Waals surface area contributed by atoms with Crippen LogP contribution in [0, 0.1) is 13.8 Å². The summed E-state index contributed by atoms with van der Waals surface area (Å²) >= 11 is 1.48. The number of anilines is 2. The predicted molar refractivity (Wildman–Crippen MR) is 103 cm³/mol. The maximum atomic E-state index is 12.4. The second kappa shape index (κ2) is 6.81. The first-order chi connectivity index (χ1) is 13.1. The van der Waals surface area contributed by atoms with Crippen LogP contribution in [-0.2, 0) is 4.74 Å². The Hall–Kier alpha value is -3.26. The molecule has 4 rings (SSSR count). The summed E-state index contributed by atoms with van der Waals surface area (Å²) in [6.07, 6.45) is 0. The average Bonchev–Trinajstić information content (AvgIpc) is 3.23. The first kappa shape index (κ1) is 17.2. The molecule has 136 valence electrons. The van der Waals surface area contributed by atoms with Crippen LogP contribution >= 0.6 is 11.3 Å². The molecule has 0 unspecified atom stereocenters. The van der Waals surface area contributed by atoms with Crippen molar-refractivity contribution in [3.8, 4) is 10.6 Å². The van der Waals surface area contributed by atoms with Gasteiger partial charge in [-0.05, 0) is 38.1 Å². The molecule has 8 heteroatoms. The van der Waals surface area contributed by atoms with Crippen LogP contribution in [0.2, 0.25) is 0 Å². The second-order valence-electron chi connectivity index (χ2n) is 5.90. The van der Waals surface area contributed by atoms with Crippen LogP contribution in [0.3, 0.4) is 0 Å². The number of furan rings is 1. The maximum absolute atomic E-state index is 12.4. The molecule has 0 amide bonds. The summed E-state index contributed by atoms with van der Waals surface area (Å²) in [5, 5.41) is 11.9. The van der Waals surface area contributed by atoms with Gasteiger partial charge in [-0.3, -0.25) is 0 Å². The number of carbonyl (C=O) groups is 1. The minimum Gasteiger partial charge on any atom is -0.465 e. The van der Waals surface area contributed by atoms with Gasteiger partial charge in [-0.15, -0.1) is 16.4 Å². The molecule has 0 fully saturated rings. The number of fused-ring (bicyclic) bond motifs is 1. The Morgan fingerprint density at radius 3 is 2.67 bits per heavy atom. The molecular weight excluding hydrogens is 364 g/mol. The van der Waals surface area contributed by atoms with Gasteiger partial charge >= 0.3 is 5.97 Å². The normalized spacial score (nSPS) is 10.9. The molecule has 1 N–H and O–H groups in total. The summed E-state index contributed by atoms with van der Waals surface area (Å²) in [4.78, 5) is 17.1. The van der Waals surface area contributed by atoms with Crippen LogP contribution < -0.4 is 5.32 Å². The molecule has 27 heavy (non-hydrogen) atoms. The van der Waals surface area contributed by atoms with Crippen LogP contribution in [0.1, 0.15) is 21.8 Å². The zero-order valence-corrected chi connectivity index (χ0v) is 15.8. The number of thiazole rings is 1. The molecule has 0 atom stereocenters. The lowest BCUT2D eigenvalue weighted by atomic mass is 10.1. The fourth-order valence-corrected chi connectivity index (χ4v) is 3.76. The van der Waals surface area contributed by atoms with E-state index in [9.17, 15) is 4.79 Å². The monoisotopic (exact) mass is 380 g/mol. The summed E-state index contributed by atoms with van der Waals surface area (Å²) < 4.78 is 11.8. The fourth-order valence-electron chi connectivity index (χ4n) is 2.75. The highest BCUT2D eigenvalue weighted by Crippen LogP contribution is 2.41. The van der Waals surface area contributed by atoms with E-state index in [2.05, 4.69) is 20.5 Å². The van der Waals surface area contributed by atoms with Gasteiger partial charge < -0.3 is 14.5 Å². The molecule has 3 aromatic heterocycles. The molecule has 0 spiro atoms. The Balaban J connectivity index is 1.88. The van der Waals surface area contributed by atoms with Gasteiger partial charge in [-0.1, -0.05) is 12.1 Å². The van der Waals surface area contributed by atoms with E-state index in [1.54, 1.807) is 13.0 Å². The van der Waals surface area contributed by atoms with Gasteiger partial charge in [0.05, 0.1) is 28.6 Å². The number of aromatic nitrogens is 3. The maximum Gasteiger partial charge on any atom is 0.342 e. The topological polar surface area (TPSA) is 90.1 Å². The van der Waals surface area contributed by atoms with Crippen molar-refractivity contribution in [2.45, 2.75) is 13.8 Å². The predicted octanol–water partition coefficient (Wildman–Crippen LogP) is 4.49. The lowest BCUT2D eigenvalue weighted by Gasteiger charge is -2.04. The number of nitrogens with one attached hydrogen (secondary N) is 1. The molecule has 0 aliphatic rings. The zero-order chi connectivity index (χ0) is 19.0. The first-order valence-corrected chi connectivity index (χ1v) is 9.03. The zero-order valence-electron chi connectivity index (χ0n) is 14.9. The number of carbonyl (C=O) groups excluding carboxylic acids is 1. The third kappa shape index (κ3) is 3.15. The smallest absolute Gasteiger partial charge is 0.342 e. The summed E-state index contributed by atoms with van der Waals surface area (Å²) in [5.41, 5.74) is 2.56. The molecule has 0 bridgehead atoms. The lowest BCUT2D eigenvalue weighted by Crippen LogP contribution is -2.04. The number of para-hydroxylation sites is 1. The molecule has 0 aliphatic carbocycles. The Bertz CT molecular complexity index is 1100. The number of nitrogens with zero attached hydrogens (tertiary/aromatic N) is 3. The number of ether oxygens (including phenoxy) is 1. The molecule has 3 heterocycles. The van der Waals surface area contributed by atoms with Crippen LogP contribution in [0.4, 0.5) is 11.7 Å². The Labute approximate surface area is 159 Å². The number of methoxy groups -OCH3 is 1. The highest BCUT2D eigenvalue weighted by molar-refractivity contribution is 7.21. The Morgan fingerprint density at radius 1 is 1.15 bits per heavy atom. The van der Waals surface area contributed by atoms with E-state index in [0.717, 1.165) is 15.9 Å². The molecule has 0 saturated carbocycles. The Kier molecular flexibility index (Phi) is 4.33. The van der Waals surface area contributed by atoms with E-state index in [4.69, 9.17) is 9.15 Å². The number of hydrogen-bond donors (Lipinski definition) is 1. The molecule has 4 aromatic rings. The van der Waals surface area contributed by atoms with E-state index >= 15 is 0 Å².